The summed E-state index contributed by atoms with van der Waals surface area (Å²) in [6.45, 7) is 4.32. The van der Waals surface area contributed by atoms with E-state index in [0.29, 0.717) is 6.54 Å². The standard InChI is InChI=1S/C15H20F2N2O/c1-2-9-19(12-5-7-18-8-6-12)15(20)13-4-3-11(16)10-14(13)17/h3-4,10,12,18H,2,5-9H2,1H3. The van der Waals surface area contributed by atoms with Crippen molar-refractivity contribution in [3.63, 3.8) is 0 Å². The lowest BCUT2D eigenvalue weighted by Crippen LogP contribution is -2.46. The zero-order valence-electron chi connectivity index (χ0n) is 11.7. The number of hydrogen-bond donors (Lipinski definition) is 1. The van der Waals surface area contributed by atoms with Gasteiger partial charge in [0.1, 0.15) is 11.6 Å². The smallest absolute Gasteiger partial charge is 0.257 e. The molecule has 0 aromatic heterocycles. The molecule has 1 fully saturated rings. The molecule has 1 heterocycles. The number of carbonyl (C=O) groups is 1. The van der Waals surface area contributed by atoms with Crippen LogP contribution >= 0.6 is 0 Å². The summed E-state index contributed by atoms with van der Waals surface area (Å²) in [7, 11) is 0. The van der Waals surface area contributed by atoms with E-state index < -0.39 is 11.6 Å². The number of carbonyl (C=O) groups excluding carboxylic acids is 1. The molecule has 1 saturated heterocycles. The van der Waals surface area contributed by atoms with Crippen LogP contribution in [0.25, 0.3) is 0 Å². The molecule has 1 N–H and O–H groups in total. The molecular weight excluding hydrogens is 262 g/mol. The first-order chi connectivity index (χ1) is 9.63. The van der Waals surface area contributed by atoms with Gasteiger partial charge in [-0.2, -0.15) is 0 Å². The molecule has 1 aromatic rings. The van der Waals surface area contributed by atoms with Gasteiger partial charge in [0.25, 0.3) is 5.91 Å². The van der Waals surface area contributed by atoms with E-state index in [1.807, 2.05) is 6.92 Å². The SMILES string of the molecule is CCCN(C(=O)c1ccc(F)cc1F)C1CCNCC1. The fourth-order valence-corrected chi connectivity index (χ4v) is 2.63. The van der Waals surface area contributed by atoms with E-state index in [-0.39, 0.29) is 17.5 Å². The van der Waals surface area contributed by atoms with Gasteiger partial charge in [0.2, 0.25) is 0 Å². The van der Waals surface area contributed by atoms with Gasteiger partial charge in [-0.05, 0) is 44.5 Å². The summed E-state index contributed by atoms with van der Waals surface area (Å²) < 4.78 is 26.7. The first kappa shape index (κ1) is 14.9. The Morgan fingerprint density at radius 3 is 2.65 bits per heavy atom. The zero-order chi connectivity index (χ0) is 14.5. The molecule has 20 heavy (non-hydrogen) atoms. The number of amides is 1. The second kappa shape index (κ2) is 6.79. The van der Waals surface area contributed by atoms with Gasteiger partial charge in [-0.3, -0.25) is 4.79 Å². The van der Waals surface area contributed by atoms with Crippen molar-refractivity contribution >= 4 is 5.91 Å². The van der Waals surface area contributed by atoms with E-state index in [1.54, 1.807) is 4.90 Å². The third-order valence-electron chi connectivity index (χ3n) is 3.64. The molecule has 0 aliphatic carbocycles. The Labute approximate surface area is 118 Å². The van der Waals surface area contributed by atoms with E-state index in [2.05, 4.69) is 5.32 Å². The molecule has 2 rings (SSSR count). The Bertz CT molecular complexity index is 473. The lowest BCUT2D eigenvalue weighted by atomic mass is 10.0. The van der Waals surface area contributed by atoms with Crippen LogP contribution in [0.2, 0.25) is 0 Å². The molecule has 0 radical (unpaired) electrons. The molecule has 1 amide bonds. The summed E-state index contributed by atoms with van der Waals surface area (Å²) in [5, 5.41) is 3.25. The summed E-state index contributed by atoms with van der Waals surface area (Å²) >= 11 is 0. The van der Waals surface area contributed by atoms with Crippen LogP contribution in [-0.2, 0) is 0 Å². The fraction of sp³-hybridized carbons (Fsp3) is 0.533. The van der Waals surface area contributed by atoms with Crippen molar-refractivity contribution in [1.82, 2.24) is 10.2 Å². The van der Waals surface area contributed by atoms with Crippen LogP contribution in [0.4, 0.5) is 8.78 Å². The van der Waals surface area contributed by atoms with Crippen LogP contribution in [0, 0.1) is 11.6 Å². The lowest BCUT2D eigenvalue weighted by Gasteiger charge is -2.34. The van der Waals surface area contributed by atoms with Gasteiger partial charge in [0, 0.05) is 18.7 Å². The van der Waals surface area contributed by atoms with Gasteiger partial charge in [-0.15, -0.1) is 0 Å². The van der Waals surface area contributed by atoms with E-state index in [9.17, 15) is 13.6 Å². The molecule has 0 unspecified atom stereocenters. The maximum atomic E-state index is 13.8. The molecule has 0 spiro atoms. The minimum atomic E-state index is -0.787. The monoisotopic (exact) mass is 282 g/mol. The van der Waals surface area contributed by atoms with Crippen molar-refractivity contribution in [1.29, 1.82) is 0 Å². The third kappa shape index (κ3) is 3.33. The largest absolute Gasteiger partial charge is 0.335 e. The maximum Gasteiger partial charge on any atom is 0.257 e. The Balaban J connectivity index is 2.21. The normalized spacial score (nSPS) is 16.1. The van der Waals surface area contributed by atoms with Crippen LogP contribution in [0.1, 0.15) is 36.5 Å². The van der Waals surface area contributed by atoms with Crippen molar-refractivity contribution in [2.45, 2.75) is 32.2 Å². The van der Waals surface area contributed by atoms with Crippen LogP contribution < -0.4 is 5.32 Å². The Hall–Kier alpha value is -1.49. The van der Waals surface area contributed by atoms with Crippen LogP contribution in [0.5, 0.6) is 0 Å². The molecule has 0 saturated carbocycles. The molecule has 0 bridgehead atoms. The zero-order valence-corrected chi connectivity index (χ0v) is 11.7. The Morgan fingerprint density at radius 2 is 2.05 bits per heavy atom. The van der Waals surface area contributed by atoms with Crippen LogP contribution in [0.3, 0.4) is 0 Å². The number of nitrogens with one attached hydrogen (secondary N) is 1. The molecular formula is C15H20F2N2O. The van der Waals surface area contributed by atoms with Crippen LogP contribution in [-0.4, -0.2) is 36.5 Å². The topological polar surface area (TPSA) is 32.3 Å². The third-order valence-corrected chi connectivity index (χ3v) is 3.64. The van der Waals surface area contributed by atoms with E-state index >= 15 is 0 Å². The predicted molar refractivity (Wildman–Crippen MR) is 73.6 cm³/mol. The minimum absolute atomic E-state index is 0.0432. The highest BCUT2D eigenvalue weighted by Gasteiger charge is 2.27. The molecule has 5 heteroatoms. The van der Waals surface area contributed by atoms with Gasteiger partial charge in [0.15, 0.2) is 0 Å². The highest BCUT2D eigenvalue weighted by atomic mass is 19.1. The average Bonchev–Trinajstić information content (AvgIpc) is 2.45. The van der Waals surface area contributed by atoms with Gasteiger partial charge in [-0.25, -0.2) is 8.78 Å². The maximum absolute atomic E-state index is 13.8. The Kier molecular flexibility index (Phi) is 5.06. The average molecular weight is 282 g/mol. The molecule has 1 aromatic carbocycles. The highest BCUT2D eigenvalue weighted by Crippen LogP contribution is 2.18. The van der Waals surface area contributed by atoms with Crippen molar-refractivity contribution in [2.75, 3.05) is 19.6 Å². The number of hydrogen-bond acceptors (Lipinski definition) is 2. The molecule has 1 aliphatic heterocycles. The minimum Gasteiger partial charge on any atom is -0.335 e. The second-order valence-electron chi connectivity index (χ2n) is 5.10. The first-order valence-corrected chi connectivity index (χ1v) is 7.10. The Morgan fingerprint density at radius 1 is 1.35 bits per heavy atom. The van der Waals surface area contributed by atoms with E-state index in [1.165, 1.54) is 6.07 Å². The van der Waals surface area contributed by atoms with Gasteiger partial charge in [0.05, 0.1) is 5.56 Å². The van der Waals surface area contributed by atoms with Gasteiger partial charge >= 0.3 is 0 Å². The molecule has 110 valence electrons. The van der Waals surface area contributed by atoms with E-state index in [0.717, 1.165) is 44.5 Å². The predicted octanol–water partition coefficient (Wildman–Crippen LogP) is 2.57. The fourth-order valence-electron chi connectivity index (χ4n) is 2.63. The highest BCUT2D eigenvalue weighted by molar-refractivity contribution is 5.94. The molecule has 0 atom stereocenters. The van der Waals surface area contributed by atoms with Crippen LogP contribution in [0.15, 0.2) is 18.2 Å². The van der Waals surface area contributed by atoms with Crippen molar-refractivity contribution < 1.29 is 13.6 Å². The molecule has 1 aliphatic rings. The number of rotatable bonds is 4. The summed E-state index contributed by atoms with van der Waals surface area (Å²) in [6.07, 6.45) is 2.56. The summed E-state index contributed by atoms with van der Waals surface area (Å²) in [5.74, 6) is -1.79. The summed E-state index contributed by atoms with van der Waals surface area (Å²) in [6, 6.07) is 3.26. The number of piperidine rings is 1. The van der Waals surface area contributed by atoms with Gasteiger partial charge in [-0.1, -0.05) is 6.92 Å². The van der Waals surface area contributed by atoms with Gasteiger partial charge < -0.3 is 10.2 Å². The quantitative estimate of drug-likeness (QED) is 0.920. The van der Waals surface area contributed by atoms with Crippen molar-refractivity contribution in [3.05, 3.63) is 35.4 Å². The number of halogens is 2. The van der Waals surface area contributed by atoms with E-state index in [4.69, 9.17) is 0 Å². The number of benzene rings is 1. The first-order valence-electron chi connectivity index (χ1n) is 7.10. The summed E-state index contributed by atoms with van der Waals surface area (Å²) in [4.78, 5) is 14.2. The lowest BCUT2D eigenvalue weighted by molar-refractivity contribution is 0.0638. The number of nitrogens with zero attached hydrogens (tertiary/aromatic N) is 1. The molecule has 3 nitrogen and oxygen atoms in total. The van der Waals surface area contributed by atoms with Crippen molar-refractivity contribution in [2.24, 2.45) is 0 Å². The van der Waals surface area contributed by atoms with Crippen molar-refractivity contribution in [3.8, 4) is 0 Å². The second-order valence-corrected chi connectivity index (χ2v) is 5.10. The summed E-state index contributed by atoms with van der Waals surface area (Å²) in [5.41, 5.74) is -0.0432.